The fraction of sp³-hybridized carbons (Fsp3) is 0. The summed E-state index contributed by atoms with van der Waals surface area (Å²) in [6.45, 7) is 0. The number of hydrogen-bond donors (Lipinski definition) is 4. The van der Waals surface area contributed by atoms with Gasteiger partial charge in [-0.2, -0.15) is 0 Å². The van der Waals surface area contributed by atoms with E-state index in [2.05, 4.69) is 9.97 Å². The molecule has 0 fully saturated rings. The number of aromatic carboxylic acids is 2. The lowest BCUT2D eigenvalue weighted by Gasteiger charge is -1.97. The van der Waals surface area contributed by atoms with Crippen LogP contribution in [0.25, 0.3) is 11.1 Å². The van der Waals surface area contributed by atoms with Crippen molar-refractivity contribution in [3.8, 4) is 22.6 Å². The summed E-state index contributed by atoms with van der Waals surface area (Å²) in [5.74, 6) is -1.82. The fourth-order valence-corrected chi connectivity index (χ4v) is 2.30. The topological polar surface area (TPSA) is 141 Å². The molecule has 0 amide bonds. The summed E-state index contributed by atoms with van der Waals surface area (Å²) in [5.41, 5.74) is 2.70. The van der Waals surface area contributed by atoms with Crippen LogP contribution in [0.1, 0.15) is 20.7 Å². The number of carboxylic acid groups (broad SMARTS) is 2. The SMILES string of the molecule is O=C(O)c1ccc(O)cc1.O=C(O)c1ccc(O)cc1.c1cc(-c2ccncc2)ccn1. The van der Waals surface area contributed by atoms with Crippen LogP contribution >= 0.6 is 0 Å². The third-order valence-corrected chi connectivity index (χ3v) is 3.92. The van der Waals surface area contributed by atoms with Gasteiger partial charge in [-0.3, -0.25) is 9.97 Å². The summed E-state index contributed by atoms with van der Waals surface area (Å²) in [7, 11) is 0. The highest BCUT2D eigenvalue weighted by molar-refractivity contribution is 5.88. The Kier molecular flexibility index (Phi) is 8.90. The van der Waals surface area contributed by atoms with Crippen LogP contribution in [0.5, 0.6) is 11.5 Å². The van der Waals surface area contributed by atoms with Crippen molar-refractivity contribution < 1.29 is 30.0 Å². The van der Waals surface area contributed by atoms with Gasteiger partial charge in [-0.15, -0.1) is 0 Å². The Labute approximate surface area is 183 Å². The number of aromatic nitrogens is 2. The van der Waals surface area contributed by atoms with Crippen molar-refractivity contribution in [2.75, 3.05) is 0 Å². The Morgan fingerprint density at radius 3 is 1.03 bits per heavy atom. The van der Waals surface area contributed by atoms with Gasteiger partial charge in [0.15, 0.2) is 0 Å². The van der Waals surface area contributed by atoms with E-state index in [4.69, 9.17) is 20.4 Å². The molecule has 4 N–H and O–H groups in total. The molecule has 8 heteroatoms. The molecule has 2 aromatic heterocycles. The smallest absolute Gasteiger partial charge is 0.335 e. The first-order chi connectivity index (χ1) is 15.4. The number of carboxylic acids is 2. The van der Waals surface area contributed by atoms with Gasteiger partial charge in [-0.1, -0.05) is 0 Å². The highest BCUT2D eigenvalue weighted by atomic mass is 16.4. The van der Waals surface area contributed by atoms with Crippen LogP contribution in [-0.4, -0.2) is 42.3 Å². The van der Waals surface area contributed by atoms with E-state index in [1.165, 1.54) is 59.7 Å². The summed E-state index contributed by atoms with van der Waals surface area (Å²) in [4.78, 5) is 28.4. The molecule has 0 atom stereocenters. The number of phenolic OH excluding ortho intramolecular Hbond substituents is 2. The van der Waals surface area contributed by atoms with Gasteiger partial charge in [-0.25, -0.2) is 9.59 Å². The Balaban J connectivity index is 0.000000171. The molecule has 0 saturated heterocycles. The number of phenols is 2. The van der Waals surface area contributed by atoms with Gasteiger partial charge in [-0.05, 0) is 83.9 Å². The predicted molar refractivity (Wildman–Crippen MR) is 118 cm³/mol. The molecule has 0 aliphatic heterocycles. The summed E-state index contributed by atoms with van der Waals surface area (Å²) in [6, 6.07) is 18.7. The Morgan fingerprint density at radius 2 is 0.781 bits per heavy atom. The van der Waals surface area contributed by atoms with Gasteiger partial charge >= 0.3 is 11.9 Å². The highest BCUT2D eigenvalue weighted by Gasteiger charge is 2.00. The number of benzene rings is 2. The molecule has 32 heavy (non-hydrogen) atoms. The summed E-state index contributed by atoms with van der Waals surface area (Å²) < 4.78 is 0. The second-order valence-corrected chi connectivity index (χ2v) is 6.18. The maximum Gasteiger partial charge on any atom is 0.335 e. The van der Waals surface area contributed by atoms with E-state index >= 15 is 0 Å². The van der Waals surface area contributed by atoms with Gasteiger partial charge in [0.1, 0.15) is 11.5 Å². The lowest BCUT2D eigenvalue weighted by atomic mass is 10.1. The second kappa shape index (κ2) is 12.1. The molecule has 0 aliphatic carbocycles. The van der Waals surface area contributed by atoms with Gasteiger partial charge < -0.3 is 20.4 Å². The molecule has 0 bridgehead atoms. The molecule has 8 nitrogen and oxygen atoms in total. The first kappa shape index (κ1) is 23.6. The number of rotatable bonds is 3. The first-order valence-corrected chi connectivity index (χ1v) is 9.22. The van der Waals surface area contributed by atoms with Crippen molar-refractivity contribution in [1.82, 2.24) is 9.97 Å². The summed E-state index contributed by atoms with van der Waals surface area (Å²) in [5, 5.41) is 34.3. The Morgan fingerprint density at radius 1 is 0.500 bits per heavy atom. The van der Waals surface area contributed by atoms with Crippen LogP contribution < -0.4 is 0 Å². The fourth-order valence-electron chi connectivity index (χ4n) is 2.30. The van der Waals surface area contributed by atoms with E-state index < -0.39 is 11.9 Å². The molecule has 0 saturated carbocycles. The minimum Gasteiger partial charge on any atom is -0.508 e. The average molecular weight is 432 g/mol. The van der Waals surface area contributed by atoms with Crippen molar-refractivity contribution in [3.05, 3.63) is 109 Å². The maximum atomic E-state index is 10.2. The first-order valence-electron chi connectivity index (χ1n) is 9.22. The lowest BCUT2D eigenvalue weighted by Crippen LogP contribution is -1.93. The number of pyridine rings is 2. The zero-order valence-electron chi connectivity index (χ0n) is 16.7. The van der Waals surface area contributed by atoms with E-state index in [1.807, 2.05) is 24.3 Å². The Bertz CT molecular complexity index is 1020. The molecule has 0 spiro atoms. The van der Waals surface area contributed by atoms with Crippen LogP contribution in [0, 0.1) is 0 Å². The van der Waals surface area contributed by atoms with Crippen LogP contribution in [-0.2, 0) is 0 Å². The molecule has 4 aromatic rings. The van der Waals surface area contributed by atoms with Crippen molar-refractivity contribution in [3.63, 3.8) is 0 Å². The van der Waals surface area contributed by atoms with Crippen LogP contribution in [0.4, 0.5) is 0 Å². The van der Waals surface area contributed by atoms with Gasteiger partial charge in [0.05, 0.1) is 11.1 Å². The third-order valence-electron chi connectivity index (χ3n) is 3.92. The van der Waals surface area contributed by atoms with Crippen molar-refractivity contribution in [1.29, 1.82) is 0 Å². The van der Waals surface area contributed by atoms with Gasteiger partial charge in [0.25, 0.3) is 0 Å². The van der Waals surface area contributed by atoms with Crippen molar-refractivity contribution >= 4 is 11.9 Å². The van der Waals surface area contributed by atoms with E-state index in [0.29, 0.717) is 0 Å². The van der Waals surface area contributed by atoms with E-state index in [9.17, 15) is 9.59 Å². The molecule has 4 rings (SSSR count). The Hall–Kier alpha value is -4.72. The number of hydrogen-bond acceptors (Lipinski definition) is 6. The van der Waals surface area contributed by atoms with E-state index in [1.54, 1.807) is 24.8 Å². The zero-order chi connectivity index (χ0) is 23.3. The zero-order valence-corrected chi connectivity index (χ0v) is 16.7. The largest absolute Gasteiger partial charge is 0.508 e. The summed E-state index contributed by atoms with van der Waals surface area (Å²) in [6.07, 6.45) is 7.15. The molecule has 2 heterocycles. The molecule has 162 valence electrons. The molecule has 0 aliphatic rings. The second-order valence-electron chi connectivity index (χ2n) is 6.18. The molecule has 0 radical (unpaired) electrons. The molecular formula is C24H20N2O6. The van der Waals surface area contributed by atoms with E-state index in [0.717, 1.165) is 0 Å². The predicted octanol–water partition coefficient (Wildman–Crippen LogP) is 4.32. The number of aromatic hydroxyl groups is 2. The highest BCUT2D eigenvalue weighted by Crippen LogP contribution is 2.15. The monoisotopic (exact) mass is 432 g/mol. The van der Waals surface area contributed by atoms with Gasteiger partial charge in [0, 0.05) is 24.8 Å². The minimum atomic E-state index is -0.986. The minimum absolute atomic E-state index is 0.0741. The lowest BCUT2D eigenvalue weighted by molar-refractivity contribution is 0.0686. The average Bonchev–Trinajstić information content (AvgIpc) is 2.82. The molecule has 0 unspecified atom stereocenters. The maximum absolute atomic E-state index is 10.2. The molecular weight excluding hydrogens is 412 g/mol. The quantitative estimate of drug-likeness (QED) is 0.375. The third kappa shape index (κ3) is 7.96. The van der Waals surface area contributed by atoms with Gasteiger partial charge in [0.2, 0.25) is 0 Å². The summed E-state index contributed by atoms with van der Waals surface area (Å²) >= 11 is 0. The van der Waals surface area contributed by atoms with E-state index in [-0.39, 0.29) is 22.6 Å². The standard InChI is InChI=1S/C10H8N2.2C7H6O3/c1-5-11-6-2-9(1)10-3-7-12-8-4-10;2*8-6-3-1-5(2-4-6)7(9)10/h1-8H;2*1-4,8H,(H,9,10). The van der Waals surface area contributed by atoms with Crippen LogP contribution in [0.3, 0.4) is 0 Å². The van der Waals surface area contributed by atoms with Crippen LogP contribution in [0.15, 0.2) is 97.6 Å². The normalized spacial score (nSPS) is 9.38. The van der Waals surface area contributed by atoms with Crippen LogP contribution in [0.2, 0.25) is 0 Å². The van der Waals surface area contributed by atoms with Crippen molar-refractivity contribution in [2.45, 2.75) is 0 Å². The number of carbonyl (C=O) groups is 2. The molecule has 2 aromatic carbocycles. The number of nitrogens with zero attached hydrogens (tertiary/aromatic N) is 2. The van der Waals surface area contributed by atoms with Crippen molar-refractivity contribution in [2.24, 2.45) is 0 Å².